The van der Waals surface area contributed by atoms with E-state index in [0.717, 1.165) is 22.3 Å². The molecule has 0 aliphatic carbocycles. The van der Waals surface area contributed by atoms with E-state index in [4.69, 9.17) is 17.3 Å². The van der Waals surface area contributed by atoms with Crippen molar-refractivity contribution < 1.29 is 0 Å². The van der Waals surface area contributed by atoms with E-state index in [-0.39, 0.29) is 0 Å². The third kappa shape index (κ3) is 4.35. The van der Waals surface area contributed by atoms with Gasteiger partial charge < -0.3 is 5.73 Å². The van der Waals surface area contributed by atoms with Crippen molar-refractivity contribution in [2.45, 2.75) is 31.6 Å². The van der Waals surface area contributed by atoms with Gasteiger partial charge in [-0.25, -0.2) is 0 Å². The monoisotopic (exact) mass is 243 g/mol. The summed E-state index contributed by atoms with van der Waals surface area (Å²) in [4.78, 5) is 1.14. The van der Waals surface area contributed by atoms with E-state index in [1.54, 1.807) is 0 Å². The predicted molar refractivity (Wildman–Crippen MR) is 70.7 cm³/mol. The summed E-state index contributed by atoms with van der Waals surface area (Å²) >= 11 is 7.66. The molecular formula is C12H18ClNS. The summed E-state index contributed by atoms with van der Waals surface area (Å²) in [5, 5.41) is 0.707. The van der Waals surface area contributed by atoms with Crippen LogP contribution < -0.4 is 5.73 Å². The van der Waals surface area contributed by atoms with Gasteiger partial charge in [-0.15, -0.1) is 11.8 Å². The van der Waals surface area contributed by atoms with Crippen LogP contribution in [0.15, 0.2) is 23.1 Å². The van der Waals surface area contributed by atoms with Gasteiger partial charge in [-0.2, -0.15) is 0 Å². The lowest BCUT2D eigenvalue weighted by atomic mass is 10.1. The summed E-state index contributed by atoms with van der Waals surface area (Å²) in [6, 6.07) is 5.71. The van der Waals surface area contributed by atoms with Crippen LogP contribution in [-0.2, 0) is 0 Å². The number of hydrogen-bond acceptors (Lipinski definition) is 2. The van der Waals surface area contributed by atoms with Crippen LogP contribution in [0, 0.1) is 5.92 Å². The second kappa shape index (κ2) is 6.29. The molecule has 0 radical (unpaired) electrons. The zero-order valence-corrected chi connectivity index (χ0v) is 10.9. The average molecular weight is 244 g/mol. The highest BCUT2D eigenvalue weighted by Crippen LogP contribution is 2.29. The molecule has 0 amide bonds. The summed E-state index contributed by atoms with van der Waals surface area (Å²) in [7, 11) is 0. The van der Waals surface area contributed by atoms with Crippen LogP contribution in [0.1, 0.15) is 26.7 Å². The molecule has 1 nitrogen and oxygen atoms in total. The Balaban J connectivity index is 2.50. The summed E-state index contributed by atoms with van der Waals surface area (Å²) in [5.41, 5.74) is 6.66. The van der Waals surface area contributed by atoms with Crippen LogP contribution in [0.4, 0.5) is 5.69 Å². The molecule has 84 valence electrons. The van der Waals surface area contributed by atoms with Crippen molar-refractivity contribution in [3.63, 3.8) is 0 Å². The number of anilines is 1. The first-order chi connectivity index (χ1) is 7.13. The number of hydrogen-bond donors (Lipinski definition) is 1. The van der Waals surface area contributed by atoms with Crippen LogP contribution in [0.2, 0.25) is 5.02 Å². The lowest BCUT2D eigenvalue weighted by Gasteiger charge is -2.10. The lowest BCUT2D eigenvalue weighted by Crippen LogP contribution is -1.98. The number of nitrogens with two attached hydrogens (primary N) is 1. The molecule has 0 spiro atoms. The van der Waals surface area contributed by atoms with Gasteiger partial charge in [-0.05, 0) is 24.1 Å². The Morgan fingerprint density at radius 3 is 2.80 bits per heavy atom. The van der Waals surface area contributed by atoms with Gasteiger partial charge in [0.2, 0.25) is 0 Å². The number of thioether (sulfide) groups is 1. The number of rotatable bonds is 5. The molecule has 2 N–H and O–H groups in total. The van der Waals surface area contributed by atoms with E-state index in [1.807, 2.05) is 30.0 Å². The maximum atomic E-state index is 5.88. The largest absolute Gasteiger partial charge is 0.398 e. The first kappa shape index (κ1) is 12.7. The van der Waals surface area contributed by atoms with Gasteiger partial charge in [0.05, 0.1) is 0 Å². The van der Waals surface area contributed by atoms with Gasteiger partial charge >= 0.3 is 0 Å². The Hall–Kier alpha value is -0.340. The highest BCUT2D eigenvalue weighted by Gasteiger charge is 2.04. The fourth-order valence-electron chi connectivity index (χ4n) is 1.46. The molecule has 1 atom stereocenters. The first-order valence-electron chi connectivity index (χ1n) is 5.31. The van der Waals surface area contributed by atoms with Crippen molar-refractivity contribution in [1.82, 2.24) is 0 Å². The molecule has 0 aliphatic rings. The van der Waals surface area contributed by atoms with Crippen LogP contribution in [-0.4, -0.2) is 5.75 Å². The van der Waals surface area contributed by atoms with E-state index < -0.39 is 0 Å². The summed E-state index contributed by atoms with van der Waals surface area (Å²) < 4.78 is 0. The minimum atomic E-state index is 0.707. The molecule has 15 heavy (non-hydrogen) atoms. The van der Waals surface area contributed by atoms with Crippen molar-refractivity contribution in [1.29, 1.82) is 0 Å². The molecule has 0 saturated heterocycles. The van der Waals surface area contributed by atoms with Crippen LogP contribution in [0.25, 0.3) is 0 Å². The van der Waals surface area contributed by atoms with Crippen molar-refractivity contribution >= 4 is 29.1 Å². The van der Waals surface area contributed by atoms with Gasteiger partial charge in [-0.1, -0.05) is 38.3 Å². The number of halogens is 1. The average Bonchev–Trinajstić information content (AvgIpc) is 2.17. The second-order valence-electron chi connectivity index (χ2n) is 3.89. The fraction of sp³-hybridized carbons (Fsp3) is 0.500. The lowest BCUT2D eigenvalue weighted by molar-refractivity contribution is 0.585. The van der Waals surface area contributed by atoms with Crippen molar-refractivity contribution in [3.8, 4) is 0 Å². The van der Waals surface area contributed by atoms with E-state index in [9.17, 15) is 0 Å². The third-order valence-electron chi connectivity index (χ3n) is 2.28. The maximum Gasteiger partial charge on any atom is 0.0467 e. The van der Waals surface area contributed by atoms with Crippen LogP contribution in [0.5, 0.6) is 0 Å². The maximum absolute atomic E-state index is 5.88. The molecular weight excluding hydrogens is 226 g/mol. The number of benzene rings is 1. The Kier molecular flexibility index (Phi) is 5.34. The van der Waals surface area contributed by atoms with E-state index in [0.29, 0.717) is 5.02 Å². The number of nitrogen functional groups attached to an aromatic ring is 1. The highest BCUT2D eigenvalue weighted by molar-refractivity contribution is 7.99. The minimum Gasteiger partial charge on any atom is -0.398 e. The van der Waals surface area contributed by atoms with Gasteiger partial charge in [-0.3, -0.25) is 0 Å². The van der Waals surface area contributed by atoms with Crippen LogP contribution >= 0.6 is 23.4 Å². The molecule has 0 fully saturated rings. The molecule has 0 heterocycles. The minimum absolute atomic E-state index is 0.707. The van der Waals surface area contributed by atoms with Gasteiger partial charge in [0.1, 0.15) is 0 Å². The second-order valence-corrected chi connectivity index (χ2v) is 5.39. The fourth-order valence-corrected chi connectivity index (χ4v) is 2.66. The molecule has 0 saturated carbocycles. The molecule has 3 heteroatoms. The van der Waals surface area contributed by atoms with E-state index in [1.165, 1.54) is 12.8 Å². The summed E-state index contributed by atoms with van der Waals surface area (Å²) in [6.07, 6.45) is 2.53. The molecule has 1 rings (SSSR count). The van der Waals surface area contributed by atoms with E-state index >= 15 is 0 Å². The molecule has 0 aromatic heterocycles. The first-order valence-corrected chi connectivity index (χ1v) is 6.67. The zero-order chi connectivity index (χ0) is 11.3. The van der Waals surface area contributed by atoms with Crippen LogP contribution in [0.3, 0.4) is 0 Å². The normalized spacial score (nSPS) is 12.7. The molecule has 0 bridgehead atoms. The SMILES string of the molecule is CCCC(C)CSc1ccc(Cl)cc1N. The van der Waals surface area contributed by atoms with Crippen molar-refractivity contribution in [2.75, 3.05) is 11.5 Å². The van der Waals surface area contributed by atoms with Crippen molar-refractivity contribution in [3.05, 3.63) is 23.2 Å². The Bertz CT molecular complexity index is 314. The molecule has 1 unspecified atom stereocenters. The molecule has 1 aromatic rings. The predicted octanol–water partition coefficient (Wildman–Crippen LogP) is 4.45. The zero-order valence-electron chi connectivity index (χ0n) is 9.29. The topological polar surface area (TPSA) is 26.0 Å². The summed E-state index contributed by atoms with van der Waals surface area (Å²) in [5.74, 6) is 1.87. The van der Waals surface area contributed by atoms with E-state index in [2.05, 4.69) is 13.8 Å². The van der Waals surface area contributed by atoms with Gasteiger partial charge in [0, 0.05) is 21.4 Å². The van der Waals surface area contributed by atoms with Gasteiger partial charge in [0.15, 0.2) is 0 Å². The van der Waals surface area contributed by atoms with Gasteiger partial charge in [0.25, 0.3) is 0 Å². The Morgan fingerprint density at radius 1 is 1.47 bits per heavy atom. The smallest absolute Gasteiger partial charge is 0.0467 e. The molecule has 1 aromatic carbocycles. The Labute approximate surface area is 101 Å². The standard InChI is InChI=1S/C12H18ClNS/c1-3-4-9(2)8-15-12-6-5-10(13)7-11(12)14/h5-7,9H,3-4,8,14H2,1-2H3. The molecule has 0 aliphatic heterocycles. The van der Waals surface area contributed by atoms with Crippen molar-refractivity contribution in [2.24, 2.45) is 5.92 Å². The third-order valence-corrected chi connectivity index (χ3v) is 3.93. The Morgan fingerprint density at radius 2 is 2.20 bits per heavy atom. The summed E-state index contributed by atoms with van der Waals surface area (Å²) in [6.45, 7) is 4.50. The highest BCUT2D eigenvalue weighted by atomic mass is 35.5. The quantitative estimate of drug-likeness (QED) is 0.611.